The normalized spacial score (nSPS) is 20.9. The van der Waals surface area contributed by atoms with Crippen LogP contribution in [-0.2, 0) is 4.79 Å². The summed E-state index contributed by atoms with van der Waals surface area (Å²) in [6.45, 7) is 6.16. The first-order valence-electron chi connectivity index (χ1n) is 7.11. The molecule has 1 aliphatic heterocycles. The van der Waals surface area contributed by atoms with Gasteiger partial charge < -0.3 is 11.1 Å². The van der Waals surface area contributed by atoms with E-state index in [9.17, 15) is 4.79 Å². The third kappa shape index (κ3) is 3.44. The molecule has 1 heterocycles. The second kappa shape index (κ2) is 6.46. The molecule has 1 aliphatic rings. The van der Waals surface area contributed by atoms with Crippen LogP contribution in [0.15, 0.2) is 18.2 Å². The van der Waals surface area contributed by atoms with E-state index in [2.05, 4.69) is 17.1 Å². The van der Waals surface area contributed by atoms with Gasteiger partial charge in [-0.1, -0.05) is 24.9 Å². The summed E-state index contributed by atoms with van der Waals surface area (Å²) in [7, 11) is 0. The van der Waals surface area contributed by atoms with Crippen molar-refractivity contribution in [3.8, 4) is 0 Å². The molecule has 2 rings (SSSR count). The SMILES string of the molecule is CCC1CCN(C(C)C(=O)Nc2ccc(Cl)c(N)c2)C1. The number of halogens is 1. The lowest BCUT2D eigenvalue weighted by atomic mass is 10.1. The number of carbonyl (C=O) groups excluding carboxylic acids is 1. The molecule has 1 aromatic rings. The van der Waals surface area contributed by atoms with E-state index in [0.717, 1.165) is 19.0 Å². The predicted molar refractivity (Wildman–Crippen MR) is 83.9 cm³/mol. The number of nitrogens with one attached hydrogen (secondary N) is 1. The largest absolute Gasteiger partial charge is 0.397 e. The number of carbonyl (C=O) groups is 1. The van der Waals surface area contributed by atoms with Crippen LogP contribution in [0.5, 0.6) is 0 Å². The second-order valence-electron chi connectivity index (χ2n) is 5.46. The Morgan fingerprint density at radius 3 is 2.95 bits per heavy atom. The molecule has 0 aliphatic carbocycles. The molecule has 4 nitrogen and oxygen atoms in total. The van der Waals surface area contributed by atoms with Gasteiger partial charge in [-0.3, -0.25) is 9.69 Å². The monoisotopic (exact) mass is 295 g/mol. The molecule has 1 amide bonds. The van der Waals surface area contributed by atoms with E-state index >= 15 is 0 Å². The van der Waals surface area contributed by atoms with E-state index in [1.54, 1.807) is 18.2 Å². The molecule has 5 heteroatoms. The molecular formula is C15H22ClN3O. The summed E-state index contributed by atoms with van der Waals surface area (Å²) in [6, 6.07) is 5.03. The van der Waals surface area contributed by atoms with Gasteiger partial charge in [-0.25, -0.2) is 0 Å². The molecule has 0 spiro atoms. The molecule has 0 aromatic heterocycles. The molecule has 2 unspecified atom stereocenters. The molecule has 2 atom stereocenters. The lowest BCUT2D eigenvalue weighted by Crippen LogP contribution is -2.40. The van der Waals surface area contributed by atoms with Crippen LogP contribution in [0.25, 0.3) is 0 Å². The van der Waals surface area contributed by atoms with Crippen LogP contribution in [-0.4, -0.2) is 29.9 Å². The number of rotatable bonds is 4. The number of amides is 1. The third-order valence-corrected chi connectivity index (χ3v) is 4.43. The van der Waals surface area contributed by atoms with E-state index in [1.807, 2.05) is 6.92 Å². The maximum atomic E-state index is 12.3. The zero-order chi connectivity index (χ0) is 14.7. The van der Waals surface area contributed by atoms with E-state index in [0.29, 0.717) is 16.4 Å². The molecule has 1 saturated heterocycles. The zero-order valence-electron chi connectivity index (χ0n) is 12.0. The molecule has 0 bridgehead atoms. The lowest BCUT2D eigenvalue weighted by molar-refractivity contribution is -0.120. The first-order chi connectivity index (χ1) is 9.51. The van der Waals surface area contributed by atoms with Crippen molar-refractivity contribution >= 4 is 28.9 Å². The molecule has 110 valence electrons. The van der Waals surface area contributed by atoms with Crippen LogP contribution in [0.2, 0.25) is 5.02 Å². The average molecular weight is 296 g/mol. The van der Waals surface area contributed by atoms with E-state index in [1.165, 1.54) is 12.8 Å². The Morgan fingerprint density at radius 1 is 1.60 bits per heavy atom. The number of likely N-dealkylation sites (tertiary alicyclic amines) is 1. The van der Waals surface area contributed by atoms with Crippen molar-refractivity contribution in [1.29, 1.82) is 0 Å². The summed E-state index contributed by atoms with van der Waals surface area (Å²) >= 11 is 5.87. The molecule has 20 heavy (non-hydrogen) atoms. The fraction of sp³-hybridized carbons (Fsp3) is 0.533. The van der Waals surface area contributed by atoms with Gasteiger partial charge in [0.05, 0.1) is 16.8 Å². The number of nitrogens with zero attached hydrogens (tertiary/aromatic N) is 1. The summed E-state index contributed by atoms with van der Waals surface area (Å²) in [5.41, 5.74) is 6.90. The highest BCUT2D eigenvalue weighted by atomic mass is 35.5. The summed E-state index contributed by atoms with van der Waals surface area (Å²) in [6.07, 6.45) is 2.36. The Hall–Kier alpha value is -1.26. The number of hydrogen-bond donors (Lipinski definition) is 2. The van der Waals surface area contributed by atoms with Crippen molar-refractivity contribution in [3.05, 3.63) is 23.2 Å². The van der Waals surface area contributed by atoms with Crippen molar-refractivity contribution in [2.45, 2.75) is 32.7 Å². The Kier molecular flexibility index (Phi) is 4.89. The minimum atomic E-state index is -0.122. The van der Waals surface area contributed by atoms with Gasteiger partial charge in [-0.05, 0) is 44.0 Å². The maximum absolute atomic E-state index is 12.3. The first-order valence-corrected chi connectivity index (χ1v) is 7.49. The van der Waals surface area contributed by atoms with E-state index in [-0.39, 0.29) is 11.9 Å². The standard InChI is InChI=1S/C15H22ClN3O/c1-3-11-6-7-19(9-11)10(2)15(20)18-12-4-5-13(16)14(17)8-12/h4-5,8,10-11H,3,6-7,9,17H2,1-2H3,(H,18,20). The Balaban J connectivity index is 1.95. The fourth-order valence-electron chi connectivity index (χ4n) is 2.58. The number of nitrogen functional groups attached to an aromatic ring is 1. The predicted octanol–water partition coefficient (Wildman–Crippen LogP) is 2.98. The van der Waals surface area contributed by atoms with Crippen LogP contribution < -0.4 is 11.1 Å². The average Bonchev–Trinajstić information content (AvgIpc) is 2.91. The number of nitrogens with two attached hydrogens (primary N) is 1. The highest BCUT2D eigenvalue weighted by molar-refractivity contribution is 6.33. The molecule has 3 N–H and O–H groups in total. The lowest BCUT2D eigenvalue weighted by Gasteiger charge is -2.23. The Morgan fingerprint density at radius 2 is 2.35 bits per heavy atom. The maximum Gasteiger partial charge on any atom is 0.241 e. The highest BCUT2D eigenvalue weighted by Gasteiger charge is 2.28. The van der Waals surface area contributed by atoms with Gasteiger partial charge in [0.25, 0.3) is 0 Å². The van der Waals surface area contributed by atoms with Gasteiger partial charge in [0, 0.05) is 12.2 Å². The summed E-state index contributed by atoms with van der Waals surface area (Å²) < 4.78 is 0. The molecule has 1 aromatic carbocycles. The van der Waals surface area contributed by atoms with Crippen LogP contribution in [0, 0.1) is 5.92 Å². The summed E-state index contributed by atoms with van der Waals surface area (Å²) in [5.74, 6) is 0.722. The van der Waals surface area contributed by atoms with E-state index < -0.39 is 0 Å². The van der Waals surface area contributed by atoms with Crippen LogP contribution in [0.3, 0.4) is 0 Å². The van der Waals surface area contributed by atoms with Crippen molar-refractivity contribution in [2.75, 3.05) is 24.1 Å². The van der Waals surface area contributed by atoms with Crippen LogP contribution in [0.1, 0.15) is 26.7 Å². The van der Waals surface area contributed by atoms with Crippen LogP contribution >= 0.6 is 11.6 Å². The molecule has 0 saturated carbocycles. The van der Waals surface area contributed by atoms with Crippen molar-refractivity contribution in [3.63, 3.8) is 0 Å². The topological polar surface area (TPSA) is 58.4 Å². The molecule has 0 radical (unpaired) electrons. The molecular weight excluding hydrogens is 274 g/mol. The zero-order valence-corrected chi connectivity index (χ0v) is 12.8. The smallest absolute Gasteiger partial charge is 0.241 e. The van der Waals surface area contributed by atoms with Crippen molar-refractivity contribution in [1.82, 2.24) is 4.90 Å². The Labute approximate surface area is 125 Å². The minimum Gasteiger partial charge on any atom is -0.397 e. The van der Waals surface area contributed by atoms with Gasteiger partial charge in [0.1, 0.15) is 0 Å². The number of anilines is 2. The van der Waals surface area contributed by atoms with Gasteiger partial charge >= 0.3 is 0 Å². The number of hydrogen-bond acceptors (Lipinski definition) is 3. The van der Waals surface area contributed by atoms with Crippen molar-refractivity contribution < 1.29 is 4.79 Å². The highest BCUT2D eigenvalue weighted by Crippen LogP contribution is 2.24. The van der Waals surface area contributed by atoms with Gasteiger partial charge in [0.2, 0.25) is 5.91 Å². The number of benzene rings is 1. The van der Waals surface area contributed by atoms with Gasteiger partial charge in [-0.15, -0.1) is 0 Å². The van der Waals surface area contributed by atoms with Crippen LogP contribution in [0.4, 0.5) is 11.4 Å². The fourth-order valence-corrected chi connectivity index (χ4v) is 2.70. The first kappa shape index (κ1) is 15.1. The van der Waals surface area contributed by atoms with Gasteiger partial charge in [0.15, 0.2) is 0 Å². The van der Waals surface area contributed by atoms with Crippen molar-refractivity contribution in [2.24, 2.45) is 5.92 Å². The quantitative estimate of drug-likeness (QED) is 0.840. The van der Waals surface area contributed by atoms with Gasteiger partial charge in [-0.2, -0.15) is 0 Å². The third-order valence-electron chi connectivity index (χ3n) is 4.09. The summed E-state index contributed by atoms with van der Waals surface area (Å²) in [5, 5.41) is 3.40. The molecule has 1 fully saturated rings. The minimum absolute atomic E-state index is 0.00322. The second-order valence-corrected chi connectivity index (χ2v) is 5.87. The van der Waals surface area contributed by atoms with E-state index in [4.69, 9.17) is 17.3 Å². The summed E-state index contributed by atoms with van der Waals surface area (Å²) in [4.78, 5) is 14.5. The Bertz CT molecular complexity index is 492.